The molecule has 0 radical (unpaired) electrons. The minimum atomic E-state index is -4.42. The van der Waals surface area contributed by atoms with Crippen molar-refractivity contribution in [3.63, 3.8) is 0 Å². The number of aromatic nitrogens is 1. The zero-order valence-electron chi connectivity index (χ0n) is 12.1. The minimum absolute atomic E-state index is 0.118. The molecule has 6 heteroatoms. The van der Waals surface area contributed by atoms with Crippen molar-refractivity contribution in [3.8, 4) is 0 Å². The Morgan fingerprint density at radius 2 is 1.86 bits per heavy atom. The molecule has 2 aromatic rings. The Labute approximate surface area is 125 Å². The molecule has 0 saturated carbocycles. The molecule has 1 fully saturated rings. The van der Waals surface area contributed by atoms with Gasteiger partial charge in [0, 0.05) is 30.7 Å². The van der Waals surface area contributed by atoms with Crippen LogP contribution in [0.3, 0.4) is 0 Å². The molecule has 1 aliphatic heterocycles. The quantitative estimate of drug-likeness (QED) is 0.804. The molecule has 0 unspecified atom stereocenters. The van der Waals surface area contributed by atoms with E-state index in [1.807, 2.05) is 0 Å². The Hall–Kier alpha value is -1.82. The van der Waals surface area contributed by atoms with Crippen molar-refractivity contribution in [1.29, 1.82) is 0 Å². The summed E-state index contributed by atoms with van der Waals surface area (Å²) in [4.78, 5) is 12.4. The SMILES string of the molecule is Cc1cc(=O)n(C2CCOCC2)c2cc(C(F)(F)F)ccc12. The molecule has 3 rings (SSSR count). The number of alkyl halides is 3. The predicted molar refractivity (Wildman–Crippen MR) is 77.0 cm³/mol. The van der Waals surface area contributed by atoms with Crippen molar-refractivity contribution in [2.45, 2.75) is 32.0 Å². The second kappa shape index (κ2) is 5.43. The molecule has 1 aromatic carbocycles. The second-order valence-corrected chi connectivity index (χ2v) is 5.61. The number of hydrogen-bond donors (Lipinski definition) is 0. The van der Waals surface area contributed by atoms with Crippen molar-refractivity contribution in [2.24, 2.45) is 0 Å². The van der Waals surface area contributed by atoms with Gasteiger partial charge in [-0.1, -0.05) is 6.07 Å². The van der Waals surface area contributed by atoms with Gasteiger partial charge in [0.15, 0.2) is 0 Å². The van der Waals surface area contributed by atoms with Crippen LogP contribution in [0.1, 0.15) is 30.0 Å². The lowest BCUT2D eigenvalue weighted by Gasteiger charge is -2.26. The predicted octanol–water partition coefficient (Wildman–Crippen LogP) is 3.68. The Balaban J connectivity index is 2.26. The number of ether oxygens (including phenoxy) is 1. The topological polar surface area (TPSA) is 31.2 Å². The summed E-state index contributed by atoms with van der Waals surface area (Å²) in [5.41, 5.74) is 0.0609. The molecule has 0 N–H and O–H groups in total. The molecule has 0 aliphatic carbocycles. The van der Waals surface area contributed by atoms with Gasteiger partial charge in [-0.05, 0) is 37.5 Å². The van der Waals surface area contributed by atoms with Crippen LogP contribution < -0.4 is 5.56 Å². The van der Waals surface area contributed by atoms with E-state index in [0.29, 0.717) is 42.5 Å². The number of halogens is 3. The highest BCUT2D eigenvalue weighted by Gasteiger charge is 2.31. The summed E-state index contributed by atoms with van der Waals surface area (Å²) in [7, 11) is 0. The van der Waals surface area contributed by atoms with Gasteiger partial charge in [-0.25, -0.2) is 0 Å². The van der Waals surface area contributed by atoms with Crippen LogP contribution in [-0.4, -0.2) is 17.8 Å². The van der Waals surface area contributed by atoms with Crippen LogP contribution >= 0.6 is 0 Å². The van der Waals surface area contributed by atoms with Gasteiger partial charge < -0.3 is 9.30 Å². The highest BCUT2D eigenvalue weighted by Crippen LogP contribution is 2.33. The molecule has 118 valence electrons. The normalized spacial score (nSPS) is 17.1. The van der Waals surface area contributed by atoms with Gasteiger partial charge in [-0.2, -0.15) is 13.2 Å². The van der Waals surface area contributed by atoms with Gasteiger partial charge >= 0.3 is 6.18 Å². The monoisotopic (exact) mass is 311 g/mol. The fourth-order valence-corrected chi connectivity index (χ4v) is 3.01. The zero-order valence-corrected chi connectivity index (χ0v) is 12.1. The van der Waals surface area contributed by atoms with Crippen molar-refractivity contribution in [3.05, 3.63) is 45.7 Å². The van der Waals surface area contributed by atoms with E-state index in [0.717, 1.165) is 12.1 Å². The molecule has 1 aromatic heterocycles. The van der Waals surface area contributed by atoms with E-state index in [1.54, 1.807) is 6.92 Å². The summed E-state index contributed by atoms with van der Waals surface area (Å²) in [5.74, 6) is 0. The maximum atomic E-state index is 13.0. The maximum absolute atomic E-state index is 13.0. The lowest BCUT2D eigenvalue weighted by atomic mass is 10.0. The molecular weight excluding hydrogens is 295 g/mol. The fourth-order valence-electron chi connectivity index (χ4n) is 3.01. The standard InChI is InChI=1S/C16H16F3NO2/c1-10-8-15(21)20(12-4-6-22-7-5-12)14-9-11(16(17,18)19)2-3-13(10)14/h2-3,8-9,12H,4-7H2,1H3. The molecule has 2 heterocycles. The van der Waals surface area contributed by atoms with Crippen LogP contribution in [0.2, 0.25) is 0 Å². The molecule has 3 nitrogen and oxygen atoms in total. The van der Waals surface area contributed by atoms with Gasteiger partial charge in [0.2, 0.25) is 0 Å². The Bertz CT molecular complexity index is 758. The van der Waals surface area contributed by atoms with Crippen LogP contribution in [0.4, 0.5) is 13.2 Å². The van der Waals surface area contributed by atoms with Gasteiger partial charge in [-0.3, -0.25) is 4.79 Å². The number of fused-ring (bicyclic) bond motifs is 1. The largest absolute Gasteiger partial charge is 0.416 e. The van der Waals surface area contributed by atoms with E-state index in [1.165, 1.54) is 16.7 Å². The summed E-state index contributed by atoms with van der Waals surface area (Å²) in [5, 5.41) is 0.680. The molecule has 0 atom stereocenters. The minimum Gasteiger partial charge on any atom is -0.381 e. The summed E-state index contributed by atoms with van der Waals surface area (Å²) < 4.78 is 45.7. The lowest BCUT2D eigenvalue weighted by Crippen LogP contribution is -2.29. The average molecular weight is 311 g/mol. The summed E-state index contributed by atoms with van der Waals surface area (Å²) in [6.45, 7) is 2.78. The first-order valence-corrected chi connectivity index (χ1v) is 7.19. The van der Waals surface area contributed by atoms with Crippen molar-refractivity contribution in [1.82, 2.24) is 4.57 Å². The number of hydrogen-bond acceptors (Lipinski definition) is 2. The van der Waals surface area contributed by atoms with Crippen LogP contribution in [0.5, 0.6) is 0 Å². The van der Waals surface area contributed by atoms with E-state index in [4.69, 9.17) is 4.74 Å². The van der Waals surface area contributed by atoms with Gasteiger partial charge in [-0.15, -0.1) is 0 Å². The maximum Gasteiger partial charge on any atom is 0.416 e. The summed E-state index contributed by atoms with van der Waals surface area (Å²) in [6, 6.07) is 4.97. The van der Waals surface area contributed by atoms with E-state index in [-0.39, 0.29) is 11.6 Å². The fraction of sp³-hybridized carbons (Fsp3) is 0.438. The first kappa shape index (κ1) is 15.1. The number of aryl methyl sites for hydroxylation is 1. The summed E-state index contributed by atoms with van der Waals surface area (Å²) in [6.07, 6.45) is -3.16. The third-order valence-electron chi connectivity index (χ3n) is 4.14. The van der Waals surface area contributed by atoms with Crippen LogP contribution in [-0.2, 0) is 10.9 Å². The van der Waals surface area contributed by atoms with Crippen molar-refractivity contribution >= 4 is 10.9 Å². The van der Waals surface area contributed by atoms with Gasteiger partial charge in [0.1, 0.15) is 0 Å². The first-order valence-electron chi connectivity index (χ1n) is 7.19. The number of nitrogens with zero attached hydrogens (tertiary/aromatic N) is 1. The number of pyridine rings is 1. The van der Waals surface area contributed by atoms with Crippen LogP contribution in [0.25, 0.3) is 10.9 Å². The average Bonchev–Trinajstić information content (AvgIpc) is 2.47. The van der Waals surface area contributed by atoms with Crippen molar-refractivity contribution < 1.29 is 17.9 Å². The molecule has 22 heavy (non-hydrogen) atoms. The Morgan fingerprint density at radius 3 is 2.50 bits per heavy atom. The highest BCUT2D eigenvalue weighted by molar-refractivity contribution is 5.83. The van der Waals surface area contributed by atoms with Gasteiger partial charge in [0.25, 0.3) is 5.56 Å². The third-order valence-corrected chi connectivity index (χ3v) is 4.14. The van der Waals surface area contributed by atoms with E-state index < -0.39 is 11.7 Å². The number of benzene rings is 1. The number of rotatable bonds is 1. The summed E-state index contributed by atoms with van der Waals surface area (Å²) >= 11 is 0. The third kappa shape index (κ3) is 2.63. The molecule has 1 saturated heterocycles. The van der Waals surface area contributed by atoms with Crippen LogP contribution in [0, 0.1) is 6.92 Å². The van der Waals surface area contributed by atoms with E-state index >= 15 is 0 Å². The molecular formula is C16H16F3NO2. The molecule has 1 aliphatic rings. The van der Waals surface area contributed by atoms with E-state index in [9.17, 15) is 18.0 Å². The Morgan fingerprint density at radius 1 is 1.18 bits per heavy atom. The molecule has 0 bridgehead atoms. The molecule has 0 amide bonds. The van der Waals surface area contributed by atoms with Gasteiger partial charge in [0.05, 0.1) is 11.1 Å². The Kier molecular flexibility index (Phi) is 3.72. The second-order valence-electron chi connectivity index (χ2n) is 5.61. The first-order chi connectivity index (χ1) is 10.4. The lowest BCUT2D eigenvalue weighted by molar-refractivity contribution is -0.137. The zero-order chi connectivity index (χ0) is 15.9. The van der Waals surface area contributed by atoms with Crippen LogP contribution in [0.15, 0.2) is 29.1 Å². The smallest absolute Gasteiger partial charge is 0.381 e. The van der Waals surface area contributed by atoms with E-state index in [2.05, 4.69) is 0 Å². The highest BCUT2D eigenvalue weighted by atomic mass is 19.4. The molecule has 0 spiro atoms. The van der Waals surface area contributed by atoms with Crippen molar-refractivity contribution in [2.75, 3.05) is 13.2 Å².